The summed E-state index contributed by atoms with van der Waals surface area (Å²) in [5.74, 6) is 0.102. The number of carbonyl (C=O) groups excluding carboxylic acids is 2. The molecule has 6 heteroatoms. The van der Waals surface area contributed by atoms with Gasteiger partial charge in [0.2, 0.25) is 0 Å². The van der Waals surface area contributed by atoms with Gasteiger partial charge in [0, 0.05) is 26.2 Å². The molecule has 0 saturated carbocycles. The normalized spacial score (nSPS) is 13.1. The molecule has 3 rings (SSSR count). The first-order valence-electron chi connectivity index (χ1n) is 10.8. The van der Waals surface area contributed by atoms with Gasteiger partial charge in [-0.3, -0.25) is 9.59 Å². The topological polar surface area (TPSA) is 67.2 Å². The molecule has 2 heterocycles. The van der Waals surface area contributed by atoms with Crippen LogP contribution in [0.4, 0.5) is 0 Å². The molecule has 1 aliphatic heterocycles. The summed E-state index contributed by atoms with van der Waals surface area (Å²) in [5, 5.41) is 2.97. The van der Waals surface area contributed by atoms with Gasteiger partial charge in [0.05, 0.1) is 5.69 Å². The van der Waals surface area contributed by atoms with Crippen molar-refractivity contribution in [3.63, 3.8) is 0 Å². The second-order valence-corrected chi connectivity index (χ2v) is 7.80. The van der Waals surface area contributed by atoms with Crippen LogP contribution < -0.4 is 5.32 Å². The Balaban J connectivity index is 1.82. The highest BCUT2D eigenvalue weighted by molar-refractivity contribution is 5.97. The molecule has 0 unspecified atom stereocenters. The van der Waals surface area contributed by atoms with E-state index >= 15 is 0 Å². The van der Waals surface area contributed by atoms with E-state index in [1.54, 1.807) is 0 Å². The van der Waals surface area contributed by atoms with Crippen molar-refractivity contribution in [2.24, 2.45) is 0 Å². The van der Waals surface area contributed by atoms with Gasteiger partial charge in [0.25, 0.3) is 11.8 Å². The molecule has 6 nitrogen and oxygen atoms in total. The second kappa shape index (κ2) is 9.72. The van der Waals surface area contributed by atoms with Gasteiger partial charge in [-0.05, 0) is 44.6 Å². The van der Waals surface area contributed by atoms with Crippen molar-refractivity contribution in [2.45, 2.75) is 66.0 Å². The zero-order chi connectivity index (χ0) is 20.8. The Bertz CT molecular complexity index is 849. The first-order chi connectivity index (χ1) is 14.0. The van der Waals surface area contributed by atoms with Crippen molar-refractivity contribution in [3.05, 3.63) is 52.6 Å². The van der Waals surface area contributed by atoms with Gasteiger partial charge in [0.1, 0.15) is 5.69 Å². The van der Waals surface area contributed by atoms with Crippen molar-refractivity contribution in [1.29, 1.82) is 0 Å². The molecule has 2 amide bonds. The number of fused-ring (bicyclic) bond motifs is 1. The summed E-state index contributed by atoms with van der Waals surface area (Å²) in [7, 11) is 0. The van der Waals surface area contributed by atoms with E-state index in [2.05, 4.69) is 24.1 Å². The Morgan fingerprint density at radius 2 is 1.79 bits per heavy atom. The van der Waals surface area contributed by atoms with Crippen molar-refractivity contribution in [1.82, 2.24) is 19.8 Å². The average Bonchev–Trinajstić information content (AvgIpc) is 3.12. The molecule has 0 spiro atoms. The maximum Gasteiger partial charge on any atom is 0.287 e. The van der Waals surface area contributed by atoms with Gasteiger partial charge in [-0.25, -0.2) is 4.98 Å². The number of hydrogen-bond donors (Lipinski definition) is 1. The molecule has 0 aliphatic carbocycles. The molecule has 0 atom stereocenters. The molecule has 0 saturated heterocycles. The zero-order valence-electron chi connectivity index (χ0n) is 17.8. The number of rotatable bonds is 8. The Morgan fingerprint density at radius 3 is 2.45 bits per heavy atom. The minimum Gasteiger partial charge on any atom is -0.345 e. The number of hydrogen-bond acceptors (Lipinski definition) is 3. The predicted molar refractivity (Wildman–Crippen MR) is 114 cm³/mol. The largest absolute Gasteiger partial charge is 0.345 e. The number of carbonyl (C=O) groups is 2. The third kappa shape index (κ3) is 4.86. The van der Waals surface area contributed by atoms with Crippen molar-refractivity contribution < 1.29 is 9.59 Å². The monoisotopic (exact) mass is 396 g/mol. The van der Waals surface area contributed by atoms with E-state index in [0.29, 0.717) is 31.2 Å². The molecule has 1 aromatic heterocycles. The number of nitrogens with one attached hydrogen (secondary N) is 1. The van der Waals surface area contributed by atoms with Crippen molar-refractivity contribution >= 4 is 11.8 Å². The van der Waals surface area contributed by atoms with E-state index < -0.39 is 0 Å². The number of amides is 2. The Morgan fingerprint density at radius 1 is 1.10 bits per heavy atom. The molecule has 0 bridgehead atoms. The SMILES string of the molecule is CCCN(CCC)C(=O)c1nc(C(=O)NCc2ccc(C)cc2)n2c1CCCC2. The Hall–Kier alpha value is -2.63. The predicted octanol–water partition coefficient (Wildman–Crippen LogP) is 3.72. The highest BCUT2D eigenvalue weighted by Crippen LogP contribution is 2.22. The lowest BCUT2D eigenvalue weighted by Gasteiger charge is -2.22. The van der Waals surface area contributed by atoms with E-state index in [9.17, 15) is 9.59 Å². The zero-order valence-corrected chi connectivity index (χ0v) is 17.8. The summed E-state index contributed by atoms with van der Waals surface area (Å²) in [5.41, 5.74) is 3.61. The minimum atomic E-state index is -0.217. The fraction of sp³-hybridized carbons (Fsp3) is 0.522. The number of nitrogens with zero attached hydrogens (tertiary/aromatic N) is 3. The smallest absolute Gasteiger partial charge is 0.287 e. The maximum absolute atomic E-state index is 13.2. The molecular weight excluding hydrogens is 364 g/mol. The van der Waals surface area contributed by atoms with Crippen LogP contribution in [0.5, 0.6) is 0 Å². The summed E-state index contributed by atoms with van der Waals surface area (Å²) < 4.78 is 1.96. The number of benzene rings is 1. The Labute approximate surface area is 173 Å². The second-order valence-electron chi connectivity index (χ2n) is 7.80. The molecule has 1 aromatic carbocycles. The van der Waals surface area contributed by atoms with Gasteiger partial charge < -0.3 is 14.8 Å². The number of aromatic nitrogens is 2. The fourth-order valence-corrected chi connectivity index (χ4v) is 3.86. The van der Waals surface area contributed by atoms with Crippen LogP contribution >= 0.6 is 0 Å². The summed E-state index contributed by atoms with van der Waals surface area (Å²) in [4.78, 5) is 32.5. The highest BCUT2D eigenvalue weighted by Gasteiger charge is 2.29. The quantitative estimate of drug-likeness (QED) is 0.739. The number of aryl methyl sites for hydroxylation is 1. The van der Waals surface area contributed by atoms with Crippen LogP contribution in [0.15, 0.2) is 24.3 Å². The summed E-state index contributed by atoms with van der Waals surface area (Å²) in [6.07, 6.45) is 4.64. The van der Waals surface area contributed by atoms with Crippen LogP contribution in [0.3, 0.4) is 0 Å². The lowest BCUT2D eigenvalue weighted by molar-refractivity contribution is 0.0748. The van der Waals surface area contributed by atoms with E-state index in [1.807, 2.05) is 40.7 Å². The molecule has 156 valence electrons. The molecule has 1 aliphatic rings. The lowest BCUT2D eigenvalue weighted by atomic mass is 10.1. The summed E-state index contributed by atoms with van der Waals surface area (Å²) in [6, 6.07) is 8.09. The van der Waals surface area contributed by atoms with E-state index in [0.717, 1.165) is 49.9 Å². The standard InChI is InChI=1S/C23H32N4O2/c1-4-13-26(14-5-2)23(29)20-19-8-6-7-15-27(19)21(25-20)22(28)24-16-18-11-9-17(3)10-12-18/h9-12H,4-8,13-16H2,1-3H3,(H,24,28). The maximum atomic E-state index is 13.2. The number of imidazole rings is 1. The van der Waals surface area contributed by atoms with Gasteiger partial charge in [-0.1, -0.05) is 43.7 Å². The van der Waals surface area contributed by atoms with Gasteiger partial charge in [-0.15, -0.1) is 0 Å². The van der Waals surface area contributed by atoms with Crippen molar-refractivity contribution in [2.75, 3.05) is 13.1 Å². The van der Waals surface area contributed by atoms with Gasteiger partial charge in [0.15, 0.2) is 5.82 Å². The Kier molecular flexibility index (Phi) is 7.07. The van der Waals surface area contributed by atoms with Crippen molar-refractivity contribution in [3.8, 4) is 0 Å². The van der Waals surface area contributed by atoms with Gasteiger partial charge >= 0.3 is 0 Å². The first kappa shape index (κ1) is 21.1. The molecule has 2 aromatic rings. The average molecular weight is 397 g/mol. The third-order valence-corrected chi connectivity index (χ3v) is 5.37. The third-order valence-electron chi connectivity index (χ3n) is 5.37. The van der Waals surface area contributed by atoms with E-state index in [1.165, 1.54) is 5.56 Å². The van der Waals surface area contributed by atoms with Crippen LogP contribution in [0.2, 0.25) is 0 Å². The molecule has 29 heavy (non-hydrogen) atoms. The minimum absolute atomic E-state index is 0.0445. The van der Waals surface area contributed by atoms with E-state index in [-0.39, 0.29) is 11.8 Å². The van der Waals surface area contributed by atoms with Crippen LogP contribution in [0.1, 0.15) is 77.5 Å². The first-order valence-corrected chi connectivity index (χ1v) is 10.8. The van der Waals surface area contributed by atoms with Gasteiger partial charge in [-0.2, -0.15) is 0 Å². The van der Waals surface area contributed by atoms with Crippen LogP contribution in [0.25, 0.3) is 0 Å². The molecule has 1 N–H and O–H groups in total. The lowest BCUT2D eigenvalue weighted by Crippen LogP contribution is -2.33. The summed E-state index contributed by atoms with van der Waals surface area (Å²) >= 11 is 0. The molecular formula is C23H32N4O2. The van der Waals surface area contributed by atoms with E-state index in [4.69, 9.17) is 0 Å². The van der Waals surface area contributed by atoms with Crippen LogP contribution in [-0.2, 0) is 19.5 Å². The summed E-state index contributed by atoms with van der Waals surface area (Å²) in [6.45, 7) is 8.80. The van der Waals surface area contributed by atoms with Crippen LogP contribution in [-0.4, -0.2) is 39.4 Å². The fourth-order valence-electron chi connectivity index (χ4n) is 3.86. The molecule has 0 fully saturated rings. The van der Waals surface area contributed by atoms with Crippen LogP contribution in [0, 0.1) is 6.92 Å². The molecule has 0 radical (unpaired) electrons. The highest BCUT2D eigenvalue weighted by atomic mass is 16.2.